The van der Waals surface area contributed by atoms with Gasteiger partial charge in [0.15, 0.2) is 5.96 Å². The van der Waals surface area contributed by atoms with Crippen molar-refractivity contribution in [3.05, 3.63) is 59.7 Å². The summed E-state index contributed by atoms with van der Waals surface area (Å²) >= 11 is 1.76. The summed E-state index contributed by atoms with van der Waals surface area (Å²) < 4.78 is 0. The largest absolute Gasteiger partial charge is 0.387 e. The standard InChI is InChI=1S/C21H23N5S/c1-12-10-15(25-14(3)22)4-6-17(12)19-8-9-20(27-19)18-7-5-16(11-13(18)2)26-21(23)24/h4-11H,1-3H3,(H2,22,25)(H4,23,24,26). The van der Waals surface area contributed by atoms with E-state index in [0.717, 1.165) is 16.9 Å². The highest BCUT2D eigenvalue weighted by Gasteiger charge is 2.10. The van der Waals surface area contributed by atoms with Gasteiger partial charge in [0.1, 0.15) is 0 Å². The minimum atomic E-state index is 0.0636. The molecule has 0 aliphatic carbocycles. The molecule has 0 saturated carbocycles. The fourth-order valence-electron chi connectivity index (χ4n) is 2.97. The molecular formula is C21H23N5S. The lowest BCUT2D eigenvalue weighted by atomic mass is 10.1. The maximum atomic E-state index is 5.67. The van der Waals surface area contributed by atoms with Crippen LogP contribution in [-0.2, 0) is 0 Å². The molecule has 27 heavy (non-hydrogen) atoms. The highest BCUT2D eigenvalue weighted by molar-refractivity contribution is 7.18. The van der Waals surface area contributed by atoms with Crippen LogP contribution < -0.4 is 17.2 Å². The molecule has 0 spiro atoms. The Hall–Kier alpha value is -3.12. The smallest absolute Gasteiger partial charge is 0.191 e. The normalized spacial score (nSPS) is 11.4. The van der Waals surface area contributed by atoms with Crippen molar-refractivity contribution in [2.45, 2.75) is 20.8 Å². The molecule has 6 heteroatoms. The van der Waals surface area contributed by atoms with Crippen LogP contribution >= 0.6 is 11.3 Å². The Morgan fingerprint density at radius 3 is 1.63 bits per heavy atom. The molecular weight excluding hydrogens is 354 g/mol. The van der Waals surface area contributed by atoms with Crippen LogP contribution in [0.3, 0.4) is 0 Å². The molecule has 0 radical (unpaired) electrons. The molecule has 0 atom stereocenters. The number of hydrogen-bond acceptors (Lipinski definition) is 3. The number of nitrogens with zero attached hydrogens (tertiary/aromatic N) is 2. The number of aryl methyl sites for hydroxylation is 2. The average molecular weight is 378 g/mol. The van der Waals surface area contributed by atoms with Gasteiger partial charge in [0.25, 0.3) is 0 Å². The van der Waals surface area contributed by atoms with Gasteiger partial charge >= 0.3 is 0 Å². The third-order valence-electron chi connectivity index (χ3n) is 4.12. The Kier molecular flexibility index (Phi) is 5.28. The first kappa shape index (κ1) is 18.7. The minimum Gasteiger partial charge on any atom is -0.387 e. The second kappa shape index (κ2) is 7.63. The van der Waals surface area contributed by atoms with Crippen LogP contribution in [0.5, 0.6) is 0 Å². The Morgan fingerprint density at radius 2 is 1.22 bits per heavy atom. The van der Waals surface area contributed by atoms with Gasteiger partial charge in [-0.1, -0.05) is 12.1 Å². The van der Waals surface area contributed by atoms with Gasteiger partial charge in [-0.3, -0.25) is 0 Å². The monoisotopic (exact) mass is 377 g/mol. The zero-order chi connectivity index (χ0) is 19.6. The topological polar surface area (TPSA) is 103 Å². The van der Waals surface area contributed by atoms with Crippen molar-refractivity contribution in [3.63, 3.8) is 0 Å². The van der Waals surface area contributed by atoms with Crippen molar-refractivity contribution >= 4 is 34.5 Å². The number of nitrogens with two attached hydrogens (primary N) is 3. The number of thiophene rings is 1. The van der Waals surface area contributed by atoms with Gasteiger partial charge in [-0.05, 0) is 79.4 Å². The molecule has 3 rings (SSSR count). The zero-order valence-corrected chi connectivity index (χ0v) is 16.5. The van der Waals surface area contributed by atoms with Gasteiger partial charge in [0.2, 0.25) is 0 Å². The lowest BCUT2D eigenvalue weighted by molar-refractivity contribution is 1.39. The van der Waals surface area contributed by atoms with Crippen LogP contribution in [0.4, 0.5) is 11.4 Å². The van der Waals surface area contributed by atoms with E-state index in [2.05, 4.69) is 54.2 Å². The lowest BCUT2D eigenvalue weighted by Gasteiger charge is -2.06. The third kappa shape index (κ3) is 4.35. The highest BCUT2D eigenvalue weighted by Crippen LogP contribution is 2.38. The Morgan fingerprint density at radius 1 is 0.741 bits per heavy atom. The van der Waals surface area contributed by atoms with Crippen LogP contribution in [0.1, 0.15) is 18.1 Å². The van der Waals surface area contributed by atoms with E-state index < -0.39 is 0 Å². The summed E-state index contributed by atoms with van der Waals surface area (Å²) in [6.07, 6.45) is 0. The predicted octanol–water partition coefficient (Wildman–Crippen LogP) is 4.61. The summed E-state index contributed by atoms with van der Waals surface area (Å²) in [7, 11) is 0. The Labute approximate surface area is 163 Å². The first-order chi connectivity index (χ1) is 12.8. The van der Waals surface area contributed by atoms with Gasteiger partial charge in [0, 0.05) is 9.75 Å². The van der Waals surface area contributed by atoms with Crippen LogP contribution in [0.15, 0.2) is 58.5 Å². The SMILES string of the molecule is CC(N)=Nc1ccc(-c2ccc(-c3ccc(N=C(N)N)cc3C)s2)c(C)c1. The number of aliphatic imine (C=N–C) groups is 2. The number of hydrogen-bond donors (Lipinski definition) is 3. The van der Waals surface area contributed by atoms with Gasteiger partial charge in [-0.15, -0.1) is 11.3 Å². The van der Waals surface area contributed by atoms with E-state index in [0.29, 0.717) is 5.84 Å². The number of benzene rings is 2. The van der Waals surface area contributed by atoms with Gasteiger partial charge < -0.3 is 17.2 Å². The summed E-state index contributed by atoms with van der Waals surface area (Å²) in [6, 6.07) is 16.4. The number of guanidine groups is 1. The molecule has 0 unspecified atom stereocenters. The van der Waals surface area contributed by atoms with E-state index >= 15 is 0 Å². The molecule has 0 aliphatic rings. The highest BCUT2D eigenvalue weighted by atomic mass is 32.1. The van der Waals surface area contributed by atoms with Crippen molar-refractivity contribution in [2.24, 2.45) is 27.2 Å². The molecule has 5 nitrogen and oxygen atoms in total. The molecule has 0 fully saturated rings. The maximum Gasteiger partial charge on any atom is 0.191 e. The molecule has 3 aromatic rings. The molecule has 0 aliphatic heterocycles. The van der Waals surface area contributed by atoms with E-state index in [9.17, 15) is 0 Å². The van der Waals surface area contributed by atoms with Crippen LogP contribution in [0.2, 0.25) is 0 Å². The summed E-state index contributed by atoms with van der Waals surface area (Å²) in [5.74, 6) is 0.619. The molecule has 0 amide bonds. The fraction of sp³-hybridized carbons (Fsp3) is 0.143. The molecule has 1 aromatic heterocycles. The second-order valence-corrected chi connectivity index (χ2v) is 7.54. The summed E-state index contributed by atoms with van der Waals surface area (Å²) in [6.45, 7) is 5.94. The van der Waals surface area contributed by atoms with E-state index in [1.54, 1.807) is 18.3 Å². The first-order valence-corrected chi connectivity index (χ1v) is 9.37. The van der Waals surface area contributed by atoms with Crippen molar-refractivity contribution in [1.29, 1.82) is 0 Å². The predicted molar refractivity (Wildman–Crippen MR) is 117 cm³/mol. The van der Waals surface area contributed by atoms with Gasteiger partial charge in [-0.2, -0.15) is 0 Å². The summed E-state index contributed by atoms with van der Waals surface area (Å²) in [5.41, 5.74) is 22.9. The quantitative estimate of drug-likeness (QED) is 0.457. The van der Waals surface area contributed by atoms with E-state index in [-0.39, 0.29) is 5.96 Å². The number of amidine groups is 1. The van der Waals surface area contributed by atoms with E-state index in [1.165, 1.54) is 26.4 Å². The zero-order valence-electron chi connectivity index (χ0n) is 15.7. The maximum absolute atomic E-state index is 5.67. The summed E-state index contributed by atoms with van der Waals surface area (Å²) in [4.78, 5) is 10.8. The average Bonchev–Trinajstić information content (AvgIpc) is 3.03. The molecule has 1 heterocycles. The van der Waals surface area contributed by atoms with Gasteiger partial charge in [0.05, 0.1) is 17.2 Å². The number of rotatable bonds is 4. The molecule has 6 N–H and O–H groups in total. The summed E-state index contributed by atoms with van der Waals surface area (Å²) in [5, 5.41) is 0. The second-order valence-electron chi connectivity index (χ2n) is 6.45. The van der Waals surface area contributed by atoms with Crippen molar-refractivity contribution in [3.8, 4) is 20.9 Å². The van der Waals surface area contributed by atoms with Gasteiger partial charge in [-0.25, -0.2) is 9.98 Å². The van der Waals surface area contributed by atoms with Crippen molar-refractivity contribution < 1.29 is 0 Å². The van der Waals surface area contributed by atoms with Crippen LogP contribution in [0, 0.1) is 13.8 Å². The molecule has 0 saturated heterocycles. The molecule has 138 valence electrons. The lowest BCUT2D eigenvalue weighted by Crippen LogP contribution is -2.21. The van der Waals surface area contributed by atoms with Crippen molar-refractivity contribution in [2.75, 3.05) is 0 Å². The Bertz CT molecular complexity index is 956. The minimum absolute atomic E-state index is 0.0636. The van der Waals surface area contributed by atoms with Crippen LogP contribution in [-0.4, -0.2) is 11.8 Å². The Balaban J connectivity index is 1.94. The van der Waals surface area contributed by atoms with Crippen LogP contribution in [0.25, 0.3) is 20.9 Å². The van der Waals surface area contributed by atoms with E-state index in [1.807, 2.05) is 18.2 Å². The molecule has 2 aromatic carbocycles. The van der Waals surface area contributed by atoms with Crippen molar-refractivity contribution in [1.82, 2.24) is 0 Å². The fourth-order valence-corrected chi connectivity index (χ4v) is 4.15. The third-order valence-corrected chi connectivity index (χ3v) is 5.27. The first-order valence-electron chi connectivity index (χ1n) is 8.56. The molecule has 0 bridgehead atoms. The van der Waals surface area contributed by atoms with E-state index in [4.69, 9.17) is 17.2 Å².